The van der Waals surface area contributed by atoms with Crippen LogP contribution in [0.2, 0.25) is 5.02 Å². The first-order valence-corrected chi connectivity index (χ1v) is 16.5. The summed E-state index contributed by atoms with van der Waals surface area (Å²) in [7, 11) is 6.89. The van der Waals surface area contributed by atoms with Crippen LogP contribution in [0.1, 0.15) is 52.0 Å². The van der Waals surface area contributed by atoms with Crippen molar-refractivity contribution < 1.29 is 57.5 Å². The lowest BCUT2D eigenvalue weighted by molar-refractivity contribution is -0.124. The Morgan fingerprint density at radius 2 is 1.53 bits per heavy atom. The van der Waals surface area contributed by atoms with Gasteiger partial charge in [-0.15, -0.1) is 0 Å². The maximum atomic E-state index is 14.4. The third kappa shape index (κ3) is 6.87. The smallest absolute Gasteiger partial charge is 0.248 e. The Balaban J connectivity index is 1.57. The molecule has 0 fully saturated rings. The molecule has 0 bridgehead atoms. The van der Waals surface area contributed by atoms with Crippen molar-refractivity contribution in [2.75, 3.05) is 47.4 Å². The topological polar surface area (TPSA) is 211 Å². The van der Waals surface area contributed by atoms with E-state index >= 15 is 0 Å². The highest BCUT2D eigenvalue weighted by molar-refractivity contribution is 6.35. The van der Waals surface area contributed by atoms with E-state index < -0.39 is 65.4 Å². The van der Waals surface area contributed by atoms with Gasteiger partial charge in [-0.2, -0.15) is 0 Å². The number of hydrogen-bond acceptors (Lipinski definition) is 12. The highest BCUT2D eigenvalue weighted by Crippen LogP contribution is 2.56. The first kappa shape index (κ1) is 38.3. The molecule has 53 heavy (non-hydrogen) atoms. The molecule has 16 heteroatoms. The molecule has 3 atom stereocenters. The number of primary amides is 1. The van der Waals surface area contributed by atoms with Crippen LogP contribution in [-0.2, 0) is 14.4 Å². The van der Waals surface area contributed by atoms with Gasteiger partial charge in [0.25, 0.3) is 0 Å². The van der Waals surface area contributed by atoms with E-state index in [9.17, 15) is 29.1 Å². The van der Waals surface area contributed by atoms with Crippen molar-refractivity contribution in [3.8, 4) is 34.5 Å². The van der Waals surface area contributed by atoms with E-state index in [1.807, 2.05) is 0 Å². The highest BCUT2D eigenvalue weighted by Gasteiger charge is 2.61. The van der Waals surface area contributed by atoms with Gasteiger partial charge in [0.15, 0.2) is 28.8 Å². The number of ketones is 2. The number of amides is 3. The van der Waals surface area contributed by atoms with Crippen molar-refractivity contribution in [2.24, 2.45) is 11.7 Å². The second-order valence-electron chi connectivity index (χ2n) is 12.2. The molecule has 2 aliphatic rings. The molecule has 15 nitrogen and oxygen atoms in total. The molecule has 3 aromatic rings. The summed E-state index contributed by atoms with van der Waals surface area (Å²) in [6.45, 7) is 1.10. The molecule has 0 saturated heterocycles. The number of benzene rings is 3. The molecule has 0 saturated carbocycles. The number of allylic oxidation sites excluding steroid dienone is 1. The van der Waals surface area contributed by atoms with Crippen LogP contribution < -0.4 is 44.8 Å². The number of aliphatic hydroxyl groups excluding tert-OH is 1. The summed E-state index contributed by atoms with van der Waals surface area (Å²) < 4.78 is 33.6. The molecule has 1 heterocycles. The number of halogens is 1. The average Bonchev–Trinajstić information content (AvgIpc) is 3.46. The molecular formula is C37H38ClN3O12. The second-order valence-corrected chi connectivity index (χ2v) is 12.6. The number of nitrogens with two attached hydrogens (primary N) is 1. The van der Waals surface area contributed by atoms with Crippen LogP contribution >= 0.6 is 11.6 Å². The zero-order valence-electron chi connectivity index (χ0n) is 29.7. The minimum atomic E-state index is -2.13. The minimum Gasteiger partial charge on any atom is -0.507 e. The summed E-state index contributed by atoms with van der Waals surface area (Å²) in [5.74, 6) is -5.34. The monoisotopic (exact) mass is 751 g/mol. The zero-order valence-corrected chi connectivity index (χ0v) is 30.5. The molecule has 280 valence electrons. The minimum absolute atomic E-state index is 0.0466. The van der Waals surface area contributed by atoms with Gasteiger partial charge in [-0.25, -0.2) is 0 Å². The predicted octanol–water partition coefficient (Wildman–Crippen LogP) is 4.15. The Kier molecular flexibility index (Phi) is 11.1. The van der Waals surface area contributed by atoms with Crippen molar-refractivity contribution >= 4 is 46.6 Å². The van der Waals surface area contributed by atoms with Crippen LogP contribution in [0.25, 0.3) is 0 Å². The van der Waals surface area contributed by atoms with Crippen molar-refractivity contribution in [1.82, 2.24) is 5.32 Å². The maximum absolute atomic E-state index is 14.4. The van der Waals surface area contributed by atoms with Gasteiger partial charge < -0.3 is 49.9 Å². The first-order chi connectivity index (χ1) is 25.2. The van der Waals surface area contributed by atoms with Crippen LogP contribution in [0.15, 0.2) is 53.8 Å². The molecule has 0 radical (unpaired) electrons. The molecule has 1 aliphatic heterocycles. The van der Waals surface area contributed by atoms with Gasteiger partial charge in [-0.1, -0.05) is 18.5 Å². The van der Waals surface area contributed by atoms with Crippen LogP contribution in [0.3, 0.4) is 0 Å². The Morgan fingerprint density at radius 3 is 2.08 bits per heavy atom. The van der Waals surface area contributed by atoms with Crippen LogP contribution in [0.5, 0.6) is 34.5 Å². The third-order valence-electron chi connectivity index (χ3n) is 9.24. The molecule has 0 aromatic heterocycles. The normalized spacial score (nSPS) is 18.1. The van der Waals surface area contributed by atoms with Gasteiger partial charge in [0.1, 0.15) is 22.1 Å². The van der Waals surface area contributed by atoms with Crippen LogP contribution in [0.4, 0.5) is 5.69 Å². The van der Waals surface area contributed by atoms with E-state index in [0.29, 0.717) is 5.69 Å². The summed E-state index contributed by atoms with van der Waals surface area (Å²) in [6.07, 6.45) is -0.760. The molecule has 5 N–H and O–H groups in total. The standard InChI is InChI=1S/C37H38ClN3O12/c1-17-11-22(42)29(34(45)37(17)35(46)30-23(48-2)15-24(49-3)31(38)33(30)53-37)21(19-12-25(50-4)32(52-6)26(13-19)51-5)14-27(43)40-16-28(44)41-20-9-7-18(8-10-20)36(39)47/h7-10,12-13,15,17,21,45H,11,14,16H2,1-6H3,(H2,39,47)(H,40,43)(H,41,44). The van der Waals surface area contributed by atoms with Gasteiger partial charge in [-0.3, -0.25) is 24.0 Å². The number of fused-ring (bicyclic) bond motifs is 1. The fourth-order valence-corrected chi connectivity index (χ4v) is 6.85. The Labute approximate surface area is 309 Å². The summed E-state index contributed by atoms with van der Waals surface area (Å²) in [5.41, 5.74) is 3.67. The molecule has 1 aliphatic carbocycles. The van der Waals surface area contributed by atoms with Crippen molar-refractivity contribution in [2.45, 2.75) is 31.3 Å². The van der Waals surface area contributed by atoms with E-state index in [1.54, 1.807) is 6.92 Å². The SMILES string of the molecule is COc1cc(OC)c2c(c1Cl)OC1(C2=O)C(O)=C(C(CC(=O)NCC(=O)Nc2ccc(C(N)=O)cc2)c2cc(OC)c(OC)c(OC)c2)C(=O)CC1C. The molecule has 5 rings (SSSR count). The van der Waals surface area contributed by atoms with Crippen molar-refractivity contribution in [1.29, 1.82) is 0 Å². The zero-order chi connectivity index (χ0) is 38.8. The second kappa shape index (κ2) is 15.3. The van der Waals surface area contributed by atoms with Crippen molar-refractivity contribution in [3.05, 3.63) is 75.5 Å². The molecule has 3 amide bonds. The van der Waals surface area contributed by atoms with E-state index in [-0.39, 0.29) is 68.2 Å². The number of carbonyl (C=O) groups excluding carboxylic acids is 5. The van der Waals surface area contributed by atoms with Gasteiger partial charge >= 0.3 is 0 Å². The third-order valence-corrected chi connectivity index (χ3v) is 9.60. The number of methoxy groups -OCH3 is 5. The molecule has 3 unspecified atom stereocenters. The molecular weight excluding hydrogens is 714 g/mol. The number of nitrogens with one attached hydrogen (secondary N) is 2. The number of ether oxygens (including phenoxy) is 6. The van der Waals surface area contributed by atoms with Crippen LogP contribution in [0, 0.1) is 5.92 Å². The van der Waals surface area contributed by atoms with E-state index in [0.717, 1.165) is 0 Å². The first-order valence-electron chi connectivity index (χ1n) is 16.2. The Morgan fingerprint density at radius 1 is 0.925 bits per heavy atom. The Hall–Kier alpha value is -5.96. The van der Waals surface area contributed by atoms with E-state index in [4.69, 9.17) is 45.8 Å². The largest absolute Gasteiger partial charge is 0.507 e. The summed E-state index contributed by atoms with van der Waals surface area (Å²) >= 11 is 6.60. The number of aliphatic hydroxyl groups is 1. The number of rotatable bonds is 13. The lowest BCUT2D eigenvalue weighted by Gasteiger charge is -2.38. The lowest BCUT2D eigenvalue weighted by Crippen LogP contribution is -2.53. The average molecular weight is 752 g/mol. The highest BCUT2D eigenvalue weighted by atomic mass is 35.5. The lowest BCUT2D eigenvalue weighted by atomic mass is 9.69. The fraction of sp³-hybridized carbons (Fsp3) is 0.324. The fourth-order valence-electron chi connectivity index (χ4n) is 6.59. The summed E-state index contributed by atoms with van der Waals surface area (Å²) in [5, 5.41) is 17.3. The number of anilines is 1. The van der Waals surface area contributed by atoms with E-state index in [1.165, 1.54) is 78.0 Å². The maximum Gasteiger partial charge on any atom is 0.248 e. The number of hydrogen-bond donors (Lipinski definition) is 4. The quantitative estimate of drug-likeness (QED) is 0.194. The van der Waals surface area contributed by atoms with Gasteiger partial charge in [0.2, 0.25) is 34.9 Å². The van der Waals surface area contributed by atoms with Gasteiger partial charge in [0.05, 0.1) is 42.1 Å². The van der Waals surface area contributed by atoms with Crippen LogP contribution in [-0.4, -0.2) is 82.1 Å². The number of Topliss-reactive ketones (excluding diaryl/α,β-unsaturated/α-hetero) is 2. The Bertz CT molecular complexity index is 2000. The van der Waals surface area contributed by atoms with Gasteiger partial charge in [-0.05, 0) is 42.0 Å². The van der Waals surface area contributed by atoms with E-state index in [2.05, 4.69) is 10.6 Å². The summed E-state index contributed by atoms with van der Waals surface area (Å²) in [4.78, 5) is 66.2. The van der Waals surface area contributed by atoms with Crippen molar-refractivity contribution in [3.63, 3.8) is 0 Å². The molecule has 1 spiro atoms. The molecule has 3 aromatic carbocycles. The number of carbonyl (C=O) groups is 5. The van der Waals surface area contributed by atoms with Gasteiger partial charge in [0, 0.05) is 47.6 Å². The predicted molar refractivity (Wildman–Crippen MR) is 191 cm³/mol. The summed E-state index contributed by atoms with van der Waals surface area (Å²) in [6, 6.07) is 10.3.